The van der Waals surface area contributed by atoms with Gasteiger partial charge in [0.05, 0.1) is 21.8 Å². The Hall–Kier alpha value is -1.87. The molecule has 1 aromatic carbocycles. The first-order valence-corrected chi connectivity index (χ1v) is 11.1. The van der Waals surface area contributed by atoms with Gasteiger partial charge in [0.25, 0.3) is 0 Å². The van der Waals surface area contributed by atoms with E-state index in [1.807, 2.05) is 17.7 Å². The maximum atomic E-state index is 12.0. The summed E-state index contributed by atoms with van der Waals surface area (Å²) < 4.78 is 49.2. The lowest BCUT2D eigenvalue weighted by Crippen LogP contribution is -2.18. The molecule has 0 radical (unpaired) electrons. The fourth-order valence-corrected chi connectivity index (χ4v) is 3.89. The van der Waals surface area contributed by atoms with Gasteiger partial charge in [0.1, 0.15) is 0 Å². The van der Waals surface area contributed by atoms with E-state index in [2.05, 4.69) is 10.3 Å². The van der Waals surface area contributed by atoms with Crippen molar-refractivity contribution >= 4 is 25.4 Å². The molecule has 0 fully saturated rings. The van der Waals surface area contributed by atoms with E-state index >= 15 is 0 Å². The van der Waals surface area contributed by atoms with Gasteiger partial charge in [-0.1, -0.05) is 6.92 Å². The molecule has 132 valence electrons. The van der Waals surface area contributed by atoms with Crippen molar-refractivity contribution in [2.45, 2.75) is 23.3 Å². The number of rotatable bonds is 7. The van der Waals surface area contributed by atoms with Gasteiger partial charge >= 0.3 is 0 Å². The fraction of sp³-hybridized carbons (Fsp3) is 0.400. The molecule has 0 spiro atoms. The summed E-state index contributed by atoms with van der Waals surface area (Å²) in [4.78, 5) is 3.95. The molecule has 0 aliphatic carbocycles. The van der Waals surface area contributed by atoms with Crippen LogP contribution in [0.4, 0.5) is 5.69 Å². The largest absolute Gasteiger partial charge is 0.384 e. The normalized spacial score (nSPS) is 13.6. The van der Waals surface area contributed by atoms with Gasteiger partial charge in [0.2, 0.25) is 0 Å². The molecule has 0 bridgehead atoms. The minimum Gasteiger partial charge on any atom is -0.384 e. The van der Waals surface area contributed by atoms with Gasteiger partial charge < -0.3 is 9.88 Å². The van der Waals surface area contributed by atoms with E-state index in [0.717, 1.165) is 19.1 Å². The molecule has 1 aromatic heterocycles. The maximum Gasteiger partial charge on any atom is 0.177 e. The van der Waals surface area contributed by atoms with Crippen LogP contribution in [0.5, 0.6) is 0 Å². The maximum absolute atomic E-state index is 12.0. The molecule has 1 N–H and O–H groups in total. The number of nitrogens with zero attached hydrogens (tertiary/aromatic N) is 2. The summed E-state index contributed by atoms with van der Waals surface area (Å²) >= 11 is 0. The van der Waals surface area contributed by atoms with Crippen molar-refractivity contribution in [3.63, 3.8) is 0 Å². The molecule has 1 heterocycles. The van der Waals surface area contributed by atoms with Gasteiger partial charge in [-0.2, -0.15) is 0 Å². The number of anilines is 1. The van der Waals surface area contributed by atoms with Gasteiger partial charge in [0, 0.05) is 38.0 Å². The van der Waals surface area contributed by atoms with Crippen LogP contribution in [-0.4, -0.2) is 45.4 Å². The lowest BCUT2D eigenvalue weighted by molar-refractivity contribution is 0.502. The first-order chi connectivity index (χ1) is 11.1. The summed E-state index contributed by atoms with van der Waals surface area (Å²) in [5, 5.41) is 3.10. The molecule has 2 aromatic rings. The average Bonchev–Trinajstić information content (AvgIpc) is 2.95. The number of sulfone groups is 2. The van der Waals surface area contributed by atoms with Crippen LogP contribution in [0.15, 0.2) is 46.7 Å². The molecule has 2 rings (SSSR count). The van der Waals surface area contributed by atoms with E-state index in [9.17, 15) is 16.8 Å². The van der Waals surface area contributed by atoms with E-state index in [4.69, 9.17) is 0 Å². The van der Waals surface area contributed by atoms with Crippen molar-refractivity contribution in [2.24, 2.45) is 5.92 Å². The zero-order valence-electron chi connectivity index (χ0n) is 13.8. The number of hydrogen-bond acceptors (Lipinski definition) is 6. The van der Waals surface area contributed by atoms with Crippen LogP contribution in [0, 0.1) is 5.92 Å². The molecule has 0 saturated carbocycles. The highest BCUT2D eigenvalue weighted by atomic mass is 32.2. The SMILES string of the molecule is C[C@@H](CNc1ccc(S(C)(=O)=O)cc1S(C)(=O)=O)Cn1ccnc1. The first-order valence-electron chi connectivity index (χ1n) is 7.31. The predicted octanol–water partition coefficient (Wildman–Crippen LogP) is 1.44. The molecule has 0 saturated heterocycles. The molecular formula is C15H21N3O4S2. The summed E-state index contributed by atoms with van der Waals surface area (Å²) in [7, 11) is -7.03. The van der Waals surface area contributed by atoms with E-state index in [0.29, 0.717) is 12.2 Å². The van der Waals surface area contributed by atoms with Crippen molar-refractivity contribution in [3.05, 3.63) is 36.9 Å². The van der Waals surface area contributed by atoms with E-state index in [-0.39, 0.29) is 15.7 Å². The van der Waals surface area contributed by atoms with Crippen molar-refractivity contribution in [2.75, 3.05) is 24.4 Å². The average molecular weight is 371 g/mol. The first kappa shape index (κ1) is 18.5. The van der Waals surface area contributed by atoms with Gasteiger partial charge in [-0.15, -0.1) is 0 Å². The van der Waals surface area contributed by atoms with Gasteiger partial charge in [-0.05, 0) is 24.1 Å². The Bertz CT molecular complexity index is 904. The van der Waals surface area contributed by atoms with Crippen molar-refractivity contribution in [1.29, 1.82) is 0 Å². The second kappa shape index (κ2) is 6.94. The Morgan fingerprint density at radius 2 is 1.88 bits per heavy atom. The van der Waals surface area contributed by atoms with E-state index in [1.54, 1.807) is 12.5 Å². The van der Waals surface area contributed by atoms with Crippen molar-refractivity contribution < 1.29 is 16.8 Å². The predicted molar refractivity (Wildman–Crippen MR) is 92.5 cm³/mol. The highest BCUT2D eigenvalue weighted by Crippen LogP contribution is 2.25. The van der Waals surface area contributed by atoms with E-state index in [1.165, 1.54) is 18.2 Å². The minimum atomic E-state index is -3.56. The molecule has 7 nitrogen and oxygen atoms in total. The number of nitrogens with one attached hydrogen (secondary N) is 1. The quantitative estimate of drug-likeness (QED) is 0.791. The molecule has 0 aliphatic heterocycles. The van der Waals surface area contributed by atoms with Gasteiger partial charge in [-0.25, -0.2) is 21.8 Å². The highest BCUT2D eigenvalue weighted by molar-refractivity contribution is 7.91. The fourth-order valence-electron chi connectivity index (χ4n) is 2.29. The van der Waals surface area contributed by atoms with E-state index < -0.39 is 19.7 Å². The van der Waals surface area contributed by atoms with Crippen LogP contribution >= 0.6 is 0 Å². The zero-order chi connectivity index (χ0) is 18.0. The van der Waals surface area contributed by atoms with Crippen LogP contribution in [0.2, 0.25) is 0 Å². The summed E-state index contributed by atoms with van der Waals surface area (Å²) in [5.74, 6) is 0.223. The monoisotopic (exact) mass is 371 g/mol. The van der Waals surface area contributed by atoms with Crippen LogP contribution < -0.4 is 5.32 Å². The zero-order valence-corrected chi connectivity index (χ0v) is 15.4. The molecular weight excluding hydrogens is 350 g/mol. The lowest BCUT2D eigenvalue weighted by Gasteiger charge is -2.16. The molecule has 0 aliphatic rings. The van der Waals surface area contributed by atoms with Crippen LogP contribution in [0.1, 0.15) is 6.92 Å². The Labute approximate surface area is 142 Å². The number of aromatic nitrogens is 2. The third-order valence-electron chi connectivity index (χ3n) is 3.50. The second-order valence-corrected chi connectivity index (χ2v) is 9.95. The third kappa shape index (κ3) is 4.81. The molecule has 0 amide bonds. The number of imidazole rings is 1. The number of benzene rings is 1. The molecule has 1 atom stereocenters. The van der Waals surface area contributed by atoms with Crippen molar-refractivity contribution in [3.8, 4) is 0 Å². The van der Waals surface area contributed by atoms with Crippen LogP contribution in [0.25, 0.3) is 0 Å². The highest BCUT2D eigenvalue weighted by Gasteiger charge is 2.18. The van der Waals surface area contributed by atoms with Gasteiger partial charge in [-0.3, -0.25) is 0 Å². The summed E-state index contributed by atoms with van der Waals surface area (Å²) in [6.45, 7) is 3.31. The summed E-state index contributed by atoms with van der Waals surface area (Å²) in [5.41, 5.74) is 0.405. The molecule has 0 unspecified atom stereocenters. The Morgan fingerprint density at radius 1 is 1.17 bits per heavy atom. The summed E-state index contributed by atoms with van der Waals surface area (Å²) in [6, 6.07) is 4.11. The molecule has 24 heavy (non-hydrogen) atoms. The smallest absolute Gasteiger partial charge is 0.177 e. The lowest BCUT2D eigenvalue weighted by atomic mass is 10.1. The topological polar surface area (TPSA) is 98.1 Å². The standard InChI is InChI=1S/C15H21N3O4S2/c1-12(10-18-7-6-16-11-18)9-17-14-5-4-13(23(2,19)20)8-15(14)24(3,21)22/h4-8,11-12,17H,9-10H2,1-3H3/t12-/m0/s1. The number of hydrogen-bond donors (Lipinski definition) is 1. The van der Waals surface area contributed by atoms with Crippen LogP contribution in [0.3, 0.4) is 0 Å². The van der Waals surface area contributed by atoms with Crippen molar-refractivity contribution in [1.82, 2.24) is 9.55 Å². The summed E-state index contributed by atoms with van der Waals surface area (Å²) in [6.07, 6.45) is 7.40. The Balaban J connectivity index is 2.20. The van der Waals surface area contributed by atoms with Crippen LogP contribution in [-0.2, 0) is 26.2 Å². The Kier molecular flexibility index (Phi) is 5.34. The Morgan fingerprint density at radius 3 is 2.42 bits per heavy atom. The third-order valence-corrected chi connectivity index (χ3v) is 5.75. The second-order valence-electron chi connectivity index (χ2n) is 5.95. The minimum absolute atomic E-state index is 0.0137. The van der Waals surface area contributed by atoms with Gasteiger partial charge in [0.15, 0.2) is 19.7 Å². The molecule has 9 heteroatoms.